The first kappa shape index (κ1) is 20.8. The topological polar surface area (TPSA) is 52.7 Å². The number of nitrogens with zero attached hydrogens (tertiary/aromatic N) is 2. The van der Waals surface area contributed by atoms with Crippen molar-refractivity contribution in [2.45, 2.75) is 38.1 Å². The van der Waals surface area contributed by atoms with E-state index >= 15 is 0 Å². The van der Waals surface area contributed by atoms with Gasteiger partial charge in [-0.2, -0.15) is 0 Å². The highest BCUT2D eigenvalue weighted by Crippen LogP contribution is 2.33. The van der Waals surface area contributed by atoms with Crippen molar-refractivity contribution in [2.24, 2.45) is 0 Å². The lowest BCUT2D eigenvalue weighted by Crippen LogP contribution is -2.36. The Morgan fingerprint density at radius 3 is 2.60 bits per heavy atom. The van der Waals surface area contributed by atoms with Crippen LogP contribution in [0.25, 0.3) is 0 Å². The molecule has 2 aliphatic rings. The lowest BCUT2D eigenvalue weighted by Gasteiger charge is -2.25. The van der Waals surface area contributed by atoms with Gasteiger partial charge in [0, 0.05) is 31.7 Å². The molecule has 2 saturated heterocycles. The molecule has 0 bridgehead atoms. The van der Waals surface area contributed by atoms with Gasteiger partial charge in [0.25, 0.3) is 5.91 Å². The number of anilines is 2. The molecule has 0 saturated carbocycles. The van der Waals surface area contributed by atoms with E-state index in [1.165, 1.54) is 37.0 Å². The van der Waals surface area contributed by atoms with Gasteiger partial charge >= 0.3 is 0 Å². The highest BCUT2D eigenvalue weighted by Gasteiger charge is 2.32. The summed E-state index contributed by atoms with van der Waals surface area (Å²) in [5.74, 6) is 2.31. The van der Waals surface area contributed by atoms with Gasteiger partial charge in [-0.1, -0.05) is 30.4 Å². The molecule has 1 atom stereocenters. The Morgan fingerprint density at radius 2 is 1.93 bits per heavy atom. The Hall–Kier alpha value is -2.49. The van der Waals surface area contributed by atoms with Crippen LogP contribution in [0.1, 0.15) is 46.7 Å². The number of terminal acetylenes is 1. The quantitative estimate of drug-likeness (QED) is 0.720. The lowest BCUT2D eigenvalue weighted by atomic mass is 10.2. The SMILES string of the molecule is C#Cc1ccc(C(=O)NC2CC(=O)N(c3ccc(N4CCCCCC4)c(Cl)c3)C2)s1. The van der Waals surface area contributed by atoms with Crippen LogP contribution in [0.5, 0.6) is 0 Å². The van der Waals surface area contributed by atoms with Crippen LogP contribution in [-0.2, 0) is 4.79 Å². The summed E-state index contributed by atoms with van der Waals surface area (Å²) in [7, 11) is 0. The normalized spacial score (nSPS) is 19.5. The summed E-state index contributed by atoms with van der Waals surface area (Å²) in [6, 6.07) is 9.04. The van der Waals surface area contributed by atoms with Gasteiger partial charge in [-0.05, 0) is 43.2 Å². The summed E-state index contributed by atoms with van der Waals surface area (Å²) >= 11 is 7.87. The molecule has 2 amide bonds. The van der Waals surface area contributed by atoms with Crippen molar-refractivity contribution in [3.8, 4) is 12.3 Å². The fraction of sp³-hybridized carbons (Fsp3) is 0.391. The molecule has 0 radical (unpaired) electrons. The Balaban J connectivity index is 1.43. The first-order chi connectivity index (χ1) is 14.5. The number of carbonyl (C=O) groups is 2. The fourth-order valence-electron chi connectivity index (χ4n) is 4.08. The molecule has 3 heterocycles. The zero-order chi connectivity index (χ0) is 21.1. The first-order valence-electron chi connectivity index (χ1n) is 10.3. The van der Waals surface area contributed by atoms with E-state index in [1.54, 1.807) is 17.0 Å². The number of hydrogen-bond donors (Lipinski definition) is 1. The molecule has 156 valence electrons. The smallest absolute Gasteiger partial charge is 0.261 e. The Labute approximate surface area is 186 Å². The molecule has 1 unspecified atom stereocenters. The Bertz CT molecular complexity index is 989. The van der Waals surface area contributed by atoms with Crippen LogP contribution in [0.4, 0.5) is 11.4 Å². The average Bonchev–Trinajstić information content (AvgIpc) is 3.26. The van der Waals surface area contributed by atoms with Crippen LogP contribution < -0.4 is 15.1 Å². The fourth-order valence-corrected chi connectivity index (χ4v) is 5.09. The number of benzene rings is 1. The third-order valence-corrected chi connectivity index (χ3v) is 6.94. The molecule has 7 heteroatoms. The van der Waals surface area contributed by atoms with Crippen LogP contribution in [-0.4, -0.2) is 37.5 Å². The molecule has 0 spiro atoms. The van der Waals surface area contributed by atoms with Gasteiger partial charge in [-0.15, -0.1) is 17.8 Å². The lowest BCUT2D eigenvalue weighted by molar-refractivity contribution is -0.117. The third kappa shape index (κ3) is 4.48. The summed E-state index contributed by atoms with van der Waals surface area (Å²) in [5.41, 5.74) is 1.80. The minimum atomic E-state index is -0.245. The predicted octanol–water partition coefficient (Wildman–Crippen LogP) is 4.30. The van der Waals surface area contributed by atoms with Crippen molar-refractivity contribution >= 4 is 46.1 Å². The van der Waals surface area contributed by atoms with Crippen LogP contribution in [0.2, 0.25) is 5.02 Å². The molecule has 1 aromatic carbocycles. The zero-order valence-electron chi connectivity index (χ0n) is 16.7. The van der Waals surface area contributed by atoms with Gasteiger partial charge in [-0.3, -0.25) is 9.59 Å². The second-order valence-corrected chi connectivity index (χ2v) is 9.22. The van der Waals surface area contributed by atoms with E-state index in [9.17, 15) is 9.59 Å². The van der Waals surface area contributed by atoms with Crippen molar-refractivity contribution in [3.05, 3.63) is 45.1 Å². The summed E-state index contributed by atoms with van der Waals surface area (Å²) in [5, 5.41) is 3.61. The van der Waals surface area contributed by atoms with Crippen LogP contribution in [0, 0.1) is 12.3 Å². The molecule has 30 heavy (non-hydrogen) atoms. The molecule has 5 nitrogen and oxygen atoms in total. The number of halogens is 1. The van der Waals surface area contributed by atoms with Crippen LogP contribution in [0.15, 0.2) is 30.3 Å². The number of carbonyl (C=O) groups excluding carboxylic acids is 2. The van der Waals surface area contributed by atoms with Crippen LogP contribution >= 0.6 is 22.9 Å². The molecular formula is C23H24ClN3O2S. The summed E-state index contributed by atoms with van der Waals surface area (Å²) < 4.78 is 0. The third-order valence-electron chi connectivity index (χ3n) is 5.62. The van der Waals surface area contributed by atoms with Crippen LogP contribution in [0.3, 0.4) is 0 Å². The molecule has 2 fully saturated rings. The van der Waals surface area contributed by atoms with E-state index in [4.69, 9.17) is 18.0 Å². The second kappa shape index (κ2) is 9.11. The van der Waals surface area contributed by atoms with E-state index in [2.05, 4.69) is 16.1 Å². The summed E-state index contributed by atoms with van der Waals surface area (Å²) in [4.78, 5) is 30.3. The Morgan fingerprint density at radius 1 is 1.17 bits per heavy atom. The highest BCUT2D eigenvalue weighted by molar-refractivity contribution is 7.14. The Kier molecular flexibility index (Phi) is 6.31. The van der Waals surface area contributed by atoms with E-state index in [0.29, 0.717) is 21.3 Å². The van der Waals surface area contributed by atoms with Gasteiger partial charge in [0.1, 0.15) is 0 Å². The zero-order valence-corrected chi connectivity index (χ0v) is 18.3. The van der Waals surface area contributed by atoms with Crippen molar-refractivity contribution in [2.75, 3.05) is 29.4 Å². The maximum Gasteiger partial charge on any atom is 0.261 e. The summed E-state index contributed by atoms with van der Waals surface area (Å²) in [6.45, 7) is 2.46. The monoisotopic (exact) mass is 441 g/mol. The van der Waals surface area contributed by atoms with Gasteiger partial charge in [0.2, 0.25) is 5.91 Å². The molecule has 0 aliphatic carbocycles. The average molecular weight is 442 g/mol. The number of rotatable bonds is 4. The van der Waals surface area contributed by atoms with Crippen molar-refractivity contribution < 1.29 is 9.59 Å². The predicted molar refractivity (Wildman–Crippen MR) is 123 cm³/mol. The molecular weight excluding hydrogens is 418 g/mol. The van der Waals surface area contributed by atoms with E-state index in [1.807, 2.05) is 18.2 Å². The maximum atomic E-state index is 12.6. The second-order valence-electron chi connectivity index (χ2n) is 7.72. The minimum Gasteiger partial charge on any atom is -0.370 e. The number of nitrogens with one attached hydrogen (secondary N) is 1. The first-order valence-corrected chi connectivity index (χ1v) is 11.5. The van der Waals surface area contributed by atoms with Crippen molar-refractivity contribution in [1.29, 1.82) is 0 Å². The highest BCUT2D eigenvalue weighted by atomic mass is 35.5. The van der Waals surface area contributed by atoms with E-state index in [-0.39, 0.29) is 24.3 Å². The van der Waals surface area contributed by atoms with Crippen molar-refractivity contribution in [1.82, 2.24) is 5.32 Å². The minimum absolute atomic E-state index is 0.0191. The van der Waals surface area contributed by atoms with E-state index < -0.39 is 0 Å². The molecule has 1 N–H and O–H groups in total. The molecule has 2 aliphatic heterocycles. The van der Waals surface area contributed by atoms with Gasteiger partial charge in [0.05, 0.1) is 26.5 Å². The van der Waals surface area contributed by atoms with Crippen molar-refractivity contribution in [3.63, 3.8) is 0 Å². The molecule has 4 rings (SSSR count). The van der Waals surface area contributed by atoms with Gasteiger partial charge < -0.3 is 15.1 Å². The largest absolute Gasteiger partial charge is 0.370 e. The number of amides is 2. The van der Waals surface area contributed by atoms with Gasteiger partial charge in [0.15, 0.2) is 0 Å². The number of thiophene rings is 1. The maximum absolute atomic E-state index is 12.6. The summed E-state index contributed by atoms with van der Waals surface area (Å²) in [6.07, 6.45) is 10.5. The van der Waals surface area contributed by atoms with E-state index in [0.717, 1.165) is 24.5 Å². The number of hydrogen-bond acceptors (Lipinski definition) is 4. The van der Waals surface area contributed by atoms with Gasteiger partial charge in [-0.25, -0.2) is 0 Å². The molecule has 1 aromatic heterocycles. The molecule has 2 aromatic rings. The standard InChI is InChI=1S/C23H24ClN3O2S/c1-2-18-8-10-21(30-18)23(29)25-16-13-22(28)27(15-16)17-7-9-20(19(24)14-17)26-11-5-3-4-6-12-26/h1,7-10,14,16H,3-6,11-13,15H2,(H,25,29).